The Balaban J connectivity index is 4.21. The third kappa shape index (κ3) is 65.7. The molecule has 0 bridgehead atoms. The number of hydrogen-bond acceptors (Lipinski definition) is 6. The smallest absolute Gasteiger partial charge is 0.306 e. The standard InChI is InChI=1S/C74H132O6/c1-4-7-10-13-16-19-22-25-27-29-31-33-34-35-36-37-38-39-40-42-43-45-47-49-52-55-58-61-64-67-73(76)79-70-71(69-78-72(75)66-63-60-57-54-51-24-21-18-15-12-9-6-3)80-74(77)68-65-62-59-56-53-50-48-46-44-41-32-30-28-26-23-20-17-14-11-8-5-2/h7,10,16,18-19,21,25,27,30-33,71H,4-6,8-9,11-15,17,20,22-24,26,28-29,34-70H2,1-3H3/b10-7-,19-16-,21-18-,27-25-,32-30-,33-31-. The van der Waals surface area contributed by atoms with Crippen molar-refractivity contribution in [3.05, 3.63) is 72.9 Å². The minimum Gasteiger partial charge on any atom is -0.462 e. The third-order valence-electron chi connectivity index (χ3n) is 15.4. The van der Waals surface area contributed by atoms with E-state index < -0.39 is 6.10 Å². The molecule has 0 aromatic rings. The van der Waals surface area contributed by atoms with Crippen LogP contribution in [0.15, 0.2) is 72.9 Å². The van der Waals surface area contributed by atoms with Crippen LogP contribution in [0.3, 0.4) is 0 Å². The molecule has 0 N–H and O–H groups in total. The molecule has 0 rings (SSSR count). The zero-order chi connectivity index (χ0) is 57.8. The molecule has 1 atom stereocenters. The highest BCUT2D eigenvalue weighted by molar-refractivity contribution is 5.71. The highest BCUT2D eigenvalue weighted by Gasteiger charge is 2.19. The van der Waals surface area contributed by atoms with Crippen molar-refractivity contribution in [3.63, 3.8) is 0 Å². The Morgan fingerprint density at radius 2 is 0.487 bits per heavy atom. The van der Waals surface area contributed by atoms with Gasteiger partial charge in [-0.25, -0.2) is 0 Å². The van der Waals surface area contributed by atoms with Gasteiger partial charge >= 0.3 is 17.9 Å². The van der Waals surface area contributed by atoms with E-state index in [2.05, 4.69) is 93.7 Å². The number of unbranched alkanes of at least 4 members (excludes halogenated alkanes) is 41. The molecule has 6 heteroatoms. The Hall–Kier alpha value is -3.15. The molecule has 0 heterocycles. The fourth-order valence-corrected chi connectivity index (χ4v) is 10.2. The summed E-state index contributed by atoms with van der Waals surface area (Å²) < 4.78 is 17.0. The van der Waals surface area contributed by atoms with Gasteiger partial charge in [-0.05, 0) is 109 Å². The molecule has 0 aromatic carbocycles. The Labute approximate surface area is 497 Å². The largest absolute Gasteiger partial charge is 0.462 e. The molecule has 0 aliphatic carbocycles. The van der Waals surface area contributed by atoms with Crippen LogP contribution in [-0.4, -0.2) is 37.2 Å². The average molecular weight is 1120 g/mol. The molecule has 0 spiro atoms. The van der Waals surface area contributed by atoms with Crippen molar-refractivity contribution in [1.82, 2.24) is 0 Å². The molecule has 0 aliphatic rings. The molecule has 464 valence electrons. The lowest BCUT2D eigenvalue weighted by Gasteiger charge is -2.18. The van der Waals surface area contributed by atoms with Crippen LogP contribution in [0.4, 0.5) is 0 Å². The van der Waals surface area contributed by atoms with Gasteiger partial charge in [-0.2, -0.15) is 0 Å². The quantitative estimate of drug-likeness (QED) is 0.0261. The molecule has 0 aromatic heterocycles. The number of carbonyl (C=O) groups is 3. The Morgan fingerprint density at radius 3 is 0.800 bits per heavy atom. The summed E-state index contributed by atoms with van der Waals surface area (Å²) in [4.78, 5) is 38.4. The maximum absolute atomic E-state index is 12.9. The molecule has 1 unspecified atom stereocenters. The highest BCUT2D eigenvalue weighted by atomic mass is 16.6. The molecule has 0 saturated carbocycles. The molecule has 0 aliphatic heterocycles. The van der Waals surface area contributed by atoms with Crippen LogP contribution in [0.25, 0.3) is 0 Å². The first-order valence-corrected chi connectivity index (χ1v) is 34.9. The van der Waals surface area contributed by atoms with Crippen LogP contribution in [0.2, 0.25) is 0 Å². The second kappa shape index (κ2) is 68.3. The minimum absolute atomic E-state index is 0.0751. The van der Waals surface area contributed by atoms with Crippen molar-refractivity contribution < 1.29 is 28.6 Å². The van der Waals surface area contributed by atoms with Gasteiger partial charge in [-0.15, -0.1) is 0 Å². The van der Waals surface area contributed by atoms with Crippen LogP contribution in [-0.2, 0) is 28.6 Å². The Morgan fingerprint density at radius 1 is 0.263 bits per heavy atom. The van der Waals surface area contributed by atoms with Crippen molar-refractivity contribution in [1.29, 1.82) is 0 Å². The predicted octanol–water partition coefficient (Wildman–Crippen LogP) is 24.1. The van der Waals surface area contributed by atoms with E-state index in [-0.39, 0.29) is 31.1 Å². The SMILES string of the molecule is CC/C=C\C/C=C\C/C=C\C/C=C\CCCCCCCCCCCCCCCCCCC(=O)OCC(COC(=O)CCCCCCC/C=C\CCCCC)OC(=O)CCCCCCCCCCC/C=C\CCCCCCCCCC. The van der Waals surface area contributed by atoms with E-state index in [4.69, 9.17) is 14.2 Å². The zero-order valence-electron chi connectivity index (χ0n) is 53.3. The van der Waals surface area contributed by atoms with Crippen LogP contribution >= 0.6 is 0 Å². The Kier molecular flexibility index (Phi) is 65.7. The normalized spacial score (nSPS) is 12.5. The molecule has 0 radical (unpaired) electrons. The second-order valence-corrected chi connectivity index (χ2v) is 23.4. The molecular formula is C74H132O6. The van der Waals surface area contributed by atoms with Gasteiger partial charge in [0, 0.05) is 19.3 Å². The average Bonchev–Trinajstić information content (AvgIpc) is 3.46. The van der Waals surface area contributed by atoms with Crippen molar-refractivity contribution in [2.24, 2.45) is 0 Å². The number of esters is 3. The number of ether oxygens (including phenoxy) is 3. The number of hydrogen-bond donors (Lipinski definition) is 0. The van der Waals surface area contributed by atoms with Crippen molar-refractivity contribution in [2.75, 3.05) is 13.2 Å². The van der Waals surface area contributed by atoms with E-state index in [1.807, 2.05) is 0 Å². The van der Waals surface area contributed by atoms with Gasteiger partial charge in [-0.3, -0.25) is 14.4 Å². The van der Waals surface area contributed by atoms with Crippen LogP contribution in [0.1, 0.15) is 361 Å². The molecule has 0 amide bonds. The summed E-state index contributed by atoms with van der Waals surface area (Å²) in [5.74, 6) is -0.867. The fourth-order valence-electron chi connectivity index (χ4n) is 10.2. The van der Waals surface area contributed by atoms with Crippen molar-refractivity contribution in [3.8, 4) is 0 Å². The van der Waals surface area contributed by atoms with Gasteiger partial charge in [-0.1, -0.05) is 306 Å². The topological polar surface area (TPSA) is 78.9 Å². The van der Waals surface area contributed by atoms with E-state index in [0.29, 0.717) is 19.3 Å². The van der Waals surface area contributed by atoms with Gasteiger partial charge in [0.05, 0.1) is 0 Å². The van der Waals surface area contributed by atoms with E-state index in [9.17, 15) is 14.4 Å². The zero-order valence-corrected chi connectivity index (χ0v) is 53.3. The first-order chi connectivity index (χ1) is 39.5. The number of allylic oxidation sites excluding steroid dienone is 12. The van der Waals surface area contributed by atoms with Crippen LogP contribution in [0.5, 0.6) is 0 Å². The first kappa shape index (κ1) is 76.9. The summed E-state index contributed by atoms with van der Waals surface area (Å²) in [6, 6.07) is 0. The van der Waals surface area contributed by atoms with Gasteiger partial charge < -0.3 is 14.2 Å². The summed E-state index contributed by atoms with van der Waals surface area (Å²) in [7, 11) is 0. The van der Waals surface area contributed by atoms with Crippen molar-refractivity contribution >= 4 is 17.9 Å². The summed E-state index contributed by atoms with van der Waals surface area (Å²) in [5.41, 5.74) is 0. The van der Waals surface area contributed by atoms with Crippen molar-refractivity contribution in [2.45, 2.75) is 367 Å². The van der Waals surface area contributed by atoms with E-state index in [1.54, 1.807) is 0 Å². The third-order valence-corrected chi connectivity index (χ3v) is 15.4. The molecule has 0 saturated heterocycles. The minimum atomic E-state index is -0.779. The second-order valence-electron chi connectivity index (χ2n) is 23.4. The fraction of sp³-hybridized carbons (Fsp3) is 0.797. The van der Waals surface area contributed by atoms with E-state index in [1.165, 1.54) is 231 Å². The lowest BCUT2D eigenvalue weighted by Crippen LogP contribution is -2.30. The molecular weight excluding hydrogens is 985 g/mol. The van der Waals surface area contributed by atoms with Crippen LogP contribution in [0, 0.1) is 0 Å². The molecule has 6 nitrogen and oxygen atoms in total. The van der Waals surface area contributed by atoms with E-state index >= 15 is 0 Å². The van der Waals surface area contributed by atoms with E-state index in [0.717, 1.165) is 89.9 Å². The summed E-state index contributed by atoms with van der Waals surface area (Å²) in [5, 5.41) is 0. The molecule has 0 fully saturated rings. The lowest BCUT2D eigenvalue weighted by molar-refractivity contribution is -0.167. The van der Waals surface area contributed by atoms with Gasteiger partial charge in [0.15, 0.2) is 6.10 Å². The lowest BCUT2D eigenvalue weighted by atomic mass is 10.0. The summed E-state index contributed by atoms with van der Waals surface area (Å²) in [6.45, 7) is 6.54. The predicted molar refractivity (Wildman–Crippen MR) is 348 cm³/mol. The van der Waals surface area contributed by atoms with Gasteiger partial charge in [0.1, 0.15) is 13.2 Å². The van der Waals surface area contributed by atoms with Gasteiger partial charge in [0.2, 0.25) is 0 Å². The summed E-state index contributed by atoms with van der Waals surface area (Å²) in [6.07, 6.45) is 89.3. The summed E-state index contributed by atoms with van der Waals surface area (Å²) >= 11 is 0. The first-order valence-electron chi connectivity index (χ1n) is 34.9. The molecule has 80 heavy (non-hydrogen) atoms. The number of carbonyl (C=O) groups excluding carboxylic acids is 3. The van der Waals surface area contributed by atoms with Crippen LogP contribution < -0.4 is 0 Å². The highest BCUT2D eigenvalue weighted by Crippen LogP contribution is 2.18. The number of rotatable bonds is 64. The maximum atomic E-state index is 12.9. The monoisotopic (exact) mass is 1120 g/mol. The maximum Gasteiger partial charge on any atom is 0.306 e. The van der Waals surface area contributed by atoms with Gasteiger partial charge in [0.25, 0.3) is 0 Å². The Bertz CT molecular complexity index is 1470.